The lowest BCUT2D eigenvalue weighted by molar-refractivity contribution is -0.188. The van der Waals surface area contributed by atoms with E-state index in [2.05, 4.69) is 5.32 Å². The van der Waals surface area contributed by atoms with Crippen molar-refractivity contribution in [3.8, 4) is 0 Å². The Hall–Kier alpha value is -1.17. The van der Waals surface area contributed by atoms with Crippen molar-refractivity contribution < 1.29 is 22.0 Å². The van der Waals surface area contributed by atoms with Crippen molar-refractivity contribution in [2.75, 3.05) is 6.54 Å². The van der Waals surface area contributed by atoms with Crippen molar-refractivity contribution in [2.24, 2.45) is 5.92 Å². The predicted octanol–water partition coefficient (Wildman–Crippen LogP) is 4.22. The Balaban J connectivity index is 1.89. The van der Waals surface area contributed by atoms with Gasteiger partial charge in [-0.1, -0.05) is 12.8 Å². The third-order valence-corrected chi connectivity index (χ3v) is 3.93. The van der Waals surface area contributed by atoms with E-state index in [-0.39, 0.29) is 13.0 Å². The molecule has 1 fully saturated rings. The van der Waals surface area contributed by atoms with E-state index in [0.717, 1.165) is 12.5 Å². The van der Waals surface area contributed by atoms with Crippen molar-refractivity contribution in [3.05, 3.63) is 35.4 Å². The quantitative estimate of drug-likeness (QED) is 0.821. The minimum atomic E-state index is -4.19. The van der Waals surface area contributed by atoms with Gasteiger partial charge in [-0.2, -0.15) is 13.2 Å². The number of hydrogen-bond donors (Lipinski definition) is 1. The van der Waals surface area contributed by atoms with Gasteiger partial charge in [-0.05, 0) is 43.5 Å². The van der Waals surface area contributed by atoms with Crippen molar-refractivity contribution in [1.29, 1.82) is 0 Å². The molecule has 0 aliphatic heterocycles. The van der Waals surface area contributed by atoms with Crippen LogP contribution in [0, 0.1) is 17.6 Å². The summed E-state index contributed by atoms with van der Waals surface area (Å²) in [5.74, 6) is -2.66. The normalized spacial score (nSPS) is 23.3. The van der Waals surface area contributed by atoms with Crippen molar-refractivity contribution >= 4 is 0 Å². The summed E-state index contributed by atoms with van der Waals surface area (Å²) >= 11 is 0. The molecule has 1 aromatic carbocycles. The largest absolute Gasteiger partial charge is 0.393 e. The van der Waals surface area contributed by atoms with E-state index in [0.29, 0.717) is 24.8 Å². The first-order valence-corrected chi connectivity index (χ1v) is 7.11. The summed E-state index contributed by atoms with van der Waals surface area (Å²) in [4.78, 5) is 0. The van der Waals surface area contributed by atoms with Gasteiger partial charge in [0.05, 0.1) is 5.92 Å². The first-order valence-electron chi connectivity index (χ1n) is 7.11. The molecule has 0 amide bonds. The molecule has 118 valence electrons. The fourth-order valence-electron chi connectivity index (χ4n) is 2.92. The minimum Gasteiger partial charge on any atom is -0.313 e. The molecule has 0 bridgehead atoms. The summed E-state index contributed by atoms with van der Waals surface area (Å²) in [5, 5.41) is 2.90. The van der Waals surface area contributed by atoms with Crippen LogP contribution in [0.4, 0.5) is 22.0 Å². The summed E-state index contributed by atoms with van der Waals surface area (Å²) in [6.07, 6.45) is -1.88. The maximum Gasteiger partial charge on any atom is 0.393 e. The van der Waals surface area contributed by atoms with Crippen molar-refractivity contribution in [2.45, 2.75) is 44.3 Å². The van der Waals surface area contributed by atoms with Gasteiger partial charge in [-0.15, -0.1) is 0 Å². The van der Waals surface area contributed by atoms with Crippen LogP contribution < -0.4 is 5.32 Å². The molecule has 1 aromatic rings. The van der Waals surface area contributed by atoms with Gasteiger partial charge in [-0.25, -0.2) is 8.78 Å². The molecule has 2 rings (SSSR count). The fourth-order valence-corrected chi connectivity index (χ4v) is 2.92. The zero-order chi connectivity index (χ0) is 15.5. The van der Waals surface area contributed by atoms with Crippen LogP contribution in [0.3, 0.4) is 0 Å². The van der Waals surface area contributed by atoms with Crippen LogP contribution in [0.5, 0.6) is 0 Å². The van der Waals surface area contributed by atoms with Crippen molar-refractivity contribution in [1.82, 2.24) is 5.32 Å². The predicted molar refractivity (Wildman–Crippen MR) is 69.9 cm³/mol. The summed E-state index contributed by atoms with van der Waals surface area (Å²) in [7, 11) is 0. The summed E-state index contributed by atoms with van der Waals surface area (Å²) in [5.41, 5.74) is 0.444. The van der Waals surface area contributed by atoms with E-state index in [1.807, 2.05) is 0 Å². The summed E-state index contributed by atoms with van der Waals surface area (Å²) < 4.78 is 64.8. The molecule has 0 spiro atoms. The number of nitrogens with one attached hydrogen (secondary N) is 1. The van der Waals surface area contributed by atoms with Gasteiger partial charge in [0.1, 0.15) is 11.6 Å². The molecule has 1 saturated carbocycles. The highest BCUT2D eigenvalue weighted by Gasteiger charge is 2.45. The van der Waals surface area contributed by atoms with Crippen LogP contribution in [-0.4, -0.2) is 18.8 Å². The molecule has 0 saturated heterocycles. The Morgan fingerprint density at radius 1 is 1.00 bits per heavy atom. The van der Waals surface area contributed by atoms with Crippen LogP contribution in [-0.2, 0) is 6.42 Å². The zero-order valence-corrected chi connectivity index (χ0v) is 11.5. The zero-order valence-electron chi connectivity index (χ0n) is 11.5. The van der Waals surface area contributed by atoms with Crippen LogP contribution in [0.1, 0.15) is 31.2 Å². The molecule has 6 heteroatoms. The summed E-state index contributed by atoms with van der Waals surface area (Å²) in [6.45, 7) is 0.278. The number of halogens is 5. The maximum absolute atomic E-state index is 13.0. The Kier molecular flexibility index (Phi) is 5.19. The highest BCUT2D eigenvalue weighted by molar-refractivity contribution is 5.18. The molecular formula is C15H18F5N. The molecule has 0 radical (unpaired) electrons. The van der Waals surface area contributed by atoms with Crippen LogP contribution in [0.15, 0.2) is 18.2 Å². The Bertz CT molecular complexity index is 451. The second-order valence-electron chi connectivity index (χ2n) is 5.52. The van der Waals surface area contributed by atoms with Crippen LogP contribution >= 0.6 is 0 Å². The van der Waals surface area contributed by atoms with Gasteiger partial charge >= 0.3 is 6.18 Å². The van der Waals surface area contributed by atoms with E-state index in [4.69, 9.17) is 0 Å². The average molecular weight is 307 g/mol. The van der Waals surface area contributed by atoms with Gasteiger partial charge in [0.25, 0.3) is 0 Å². The first kappa shape index (κ1) is 16.2. The Labute approximate surface area is 120 Å². The van der Waals surface area contributed by atoms with E-state index >= 15 is 0 Å². The fraction of sp³-hybridized carbons (Fsp3) is 0.600. The third-order valence-electron chi connectivity index (χ3n) is 3.93. The van der Waals surface area contributed by atoms with Gasteiger partial charge < -0.3 is 5.32 Å². The lowest BCUT2D eigenvalue weighted by Gasteiger charge is -2.33. The van der Waals surface area contributed by atoms with Crippen LogP contribution in [0.2, 0.25) is 0 Å². The second-order valence-corrected chi connectivity index (χ2v) is 5.52. The number of alkyl halides is 3. The second kappa shape index (κ2) is 6.73. The molecule has 1 N–H and O–H groups in total. The monoisotopic (exact) mass is 307 g/mol. The van der Waals surface area contributed by atoms with Gasteiger partial charge in [0.15, 0.2) is 0 Å². The molecule has 1 aliphatic carbocycles. The molecule has 0 heterocycles. The topological polar surface area (TPSA) is 12.0 Å². The molecular weight excluding hydrogens is 289 g/mol. The smallest absolute Gasteiger partial charge is 0.313 e. The van der Waals surface area contributed by atoms with Gasteiger partial charge in [0.2, 0.25) is 0 Å². The van der Waals surface area contributed by atoms with Gasteiger partial charge in [-0.3, -0.25) is 0 Å². The Morgan fingerprint density at radius 2 is 1.62 bits per heavy atom. The number of hydrogen-bond acceptors (Lipinski definition) is 1. The Morgan fingerprint density at radius 3 is 2.24 bits per heavy atom. The summed E-state index contributed by atoms with van der Waals surface area (Å²) in [6, 6.07) is 2.58. The van der Waals surface area contributed by atoms with Gasteiger partial charge in [0, 0.05) is 12.1 Å². The molecule has 1 aliphatic rings. The standard InChI is InChI=1S/C15H18F5N/c16-11-7-10(8-12(17)9-11)5-6-21-14-4-2-1-3-13(14)15(18,19)20/h7-9,13-14,21H,1-6H2. The molecule has 21 heavy (non-hydrogen) atoms. The van der Waals surface area contributed by atoms with E-state index in [9.17, 15) is 22.0 Å². The lowest BCUT2D eigenvalue weighted by atomic mass is 9.84. The number of benzene rings is 1. The highest BCUT2D eigenvalue weighted by Crippen LogP contribution is 2.37. The molecule has 2 atom stereocenters. The maximum atomic E-state index is 13.0. The van der Waals surface area contributed by atoms with E-state index in [1.54, 1.807) is 0 Å². The van der Waals surface area contributed by atoms with Crippen LogP contribution in [0.25, 0.3) is 0 Å². The number of rotatable bonds is 4. The van der Waals surface area contributed by atoms with E-state index in [1.165, 1.54) is 12.1 Å². The van der Waals surface area contributed by atoms with Crippen molar-refractivity contribution in [3.63, 3.8) is 0 Å². The first-order chi connectivity index (χ1) is 9.86. The third kappa shape index (κ3) is 4.66. The average Bonchev–Trinajstić information content (AvgIpc) is 2.37. The molecule has 0 aromatic heterocycles. The minimum absolute atomic E-state index is 0.149. The lowest BCUT2D eigenvalue weighted by Crippen LogP contribution is -2.46. The van der Waals surface area contributed by atoms with E-state index < -0.39 is 29.8 Å². The highest BCUT2D eigenvalue weighted by atomic mass is 19.4. The molecule has 2 unspecified atom stereocenters. The SMILES string of the molecule is Fc1cc(F)cc(CCNC2CCCCC2C(F)(F)F)c1. The molecule has 1 nitrogen and oxygen atoms in total.